The van der Waals surface area contributed by atoms with Crippen molar-refractivity contribution in [2.45, 2.75) is 6.42 Å². The molecule has 0 saturated carbocycles. The molecule has 2 rings (SSSR count). The molecule has 1 aromatic rings. The number of carbonyl (C=O) groups excluding carboxylic acids is 3. The van der Waals surface area contributed by atoms with Crippen LogP contribution in [0.4, 0.5) is 4.79 Å². The van der Waals surface area contributed by atoms with E-state index >= 15 is 0 Å². The molecule has 100 valence electrons. The number of rotatable bonds is 3. The second-order valence-electron chi connectivity index (χ2n) is 3.89. The quantitative estimate of drug-likeness (QED) is 0.803. The summed E-state index contributed by atoms with van der Waals surface area (Å²) in [6.45, 7) is -0.286. The lowest BCUT2D eigenvalue weighted by Crippen LogP contribution is -2.41. The molecule has 1 aliphatic rings. The summed E-state index contributed by atoms with van der Waals surface area (Å²) >= 11 is 12.7. The van der Waals surface area contributed by atoms with E-state index in [-0.39, 0.29) is 35.2 Å². The van der Waals surface area contributed by atoms with E-state index in [1.165, 1.54) is 18.2 Å². The average molecular weight is 318 g/mol. The molecule has 0 aromatic heterocycles. The van der Waals surface area contributed by atoms with Crippen LogP contribution >= 0.6 is 35.0 Å². The molecule has 4 nitrogen and oxygen atoms in total. The normalized spacial score (nSPS) is 15.8. The maximum Gasteiger partial charge on any atom is 0.288 e. The summed E-state index contributed by atoms with van der Waals surface area (Å²) in [4.78, 5) is 36.2. The van der Waals surface area contributed by atoms with E-state index < -0.39 is 5.24 Å². The molecule has 1 aromatic carbocycles. The van der Waals surface area contributed by atoms with Crippen molar-refractivity contribution in [3.63, 3.8) is 0 Å². The first-order valence-corrected chi connectivity index (χ1v) is 7.18. The first-order valence-electron chi connectivity index (χ1n) is 5.44. The van der Waals surface area contributed by atoms with Gasteiger partial charge < -0.3 is 0 Å². The van der Waals surface area contributed by atoms with Gasteiger partial charge in [-0.05, 0) is 18.2 Å². The molecule has 0 atom stereocenters. The number of halogens is 2. The standard InChI is InChI=1S/C12H9Cl2NO3S/c13-7-1-2-8(9(14)5-7)10(16)6-15-11(17)3-4-19-12(15)18/h1-2,5H,3-4,6H2. The summed E-state index contributed by atoms with van der Waals surface area (Å²) in [6.07, 6.45) is 0.262. The number of amides is 2. The maximum absolute atomic E-state index is 12.1. The van der Waals surface area contributed by atoms with Crippen molar-refractivity contribution in [2.24, 2.45) is 0 Å². The number of thioether (sulfide) groups is 1. The molecule has 1 heterocycles. The van der Waals surface area contributed by atoms with Crippen LogP contribution in [0.1, 0.15) is 16.8 Å². The predicted octanol–water partition coefficient (Wildman–Crippen LogP) is 3.26. The molecule has 1 fully saturated rings. The van der Waals surface area contributed by atoms with Crippen LogP contribution in [0, 0.1) is 0 Å². The van der Waals surface area contributed by atoms with Gasteiger partial charge in [-0.15, -0.1) is 0 Å². The van der Waals surface area contributed by atoms with Gasteiger partial charge in [0.05, 0.1) is 11.6 Å². The molecule has 0 N–H and O–H groups in total. The number of imide groups is 1. The first kappa shape index (κ1) is 14.4. The van der Waals surface area contributed by atoms with Gasteiger partial charge in [0.1, 0.15) is 0 Å². The van der Waals surface area contributed by atoms with Crippen LogP contribution in [0.15, 0.2) is 18.2 Å². The van der Waals surface area contributed by atoms with Crippen LogP contribution < -0.4 is 0 Å². The van der Waals surface area contributed by atoms with E-state index in [0.717, 1.165) is 16.7 Å². The second kappa shape index (κ2) is 5.94. The fourth-order valence-electron chi connectivity index (χ4n) is 1.64. The van der Waals surface area contributed by atoms with Crippen molar-refractivity contribution in [3.05, 3.63) is 33.8 Å². The predicted molar refractivity (Wildman–Crippen MR) is 75.0 cm³/mol. The SMILES string of the molecule is O=C(CN1C(=O)CCSC1=O)c1ccc(Cl)cc1Cl. The Morgan fingerprint density at radius 2 is 2.05 bits per heavy atom. The van der Waals surface area contributed by atoms with Gasteiger partial charge in [0.15, 0.2) is 5.78 Å². The smallest absolute Gasteiger partial charge is 0.288 e. The van der Waals surface area contributed by atoms with Crippen LogP contribution in [-0.4, -0.2) is 34.1 Å². The fraction of sp³-hybridized carbons (Fsp3) is 0.250. The van der Waals surface area contributed by atoms with E-state index in [4.69, 9.17) is 23.2 Å². The van der Waals surface area contributed by atoms with Gasteiger partial charge in [0.2, 0.25) is 5.91 Å². The lowest BCUT2D eigenvalue weighted by atomic mass is 10.1. The lowest BCUT2D eigenvalue weighted by molar-refractivity contribution is -0.127. The summed E-state index contributed by atoms with van der Waals surface area (Å²) in [6, 6.07) is 4.47. The zero-order valence-corrected chi connectivity index (χ0v) is 12.0. The monoisotopic (exact) mass is 317 g/mol. The Morgan fingerprint density at radius 1 is 1.32 bits per heavy atom. The molecule has 19 heavy (non-hydrogen) atoms. The highest BCUT2D eigenvalue weighted by Gasteiger charge is 2.29. The number of nitrogens with zero attached hydrogens (tertiary/aromatic N) is 1. The number of hydrogen-bond acceptors (Lipinski definition) is 4. The van der Waals surface area contributed by atoms with Gasteiger partial charge in [-0.2, -0.15) is 0 Å². The molecule has 0 bridgehead atoms. The molecule has 1 saturated heterocycles. The molecule has 1 aliphatic heterocycles. The number of benzene rings is 1. The lowest BCUT2D eigenvalue weighted by Gasteiger charge is -2.23. The minimum atomic E-state index is -0.394. The number of ketones is 1. The molecule has 0 radical (unpaired) electrons. The van der Waals surface area contributed by atoms with Gasteiger partial charge in [-0.1, -0.05) is 35.0 Å². The van der Waals surface area contributed by atoms with Crippen molar-refractivity contribution in [2.75, 3.05) is 12.3 Å². The molecule has 7 heteroatoms. The van der Waals surface area contributed by atoms with E-state index in [1.807, 2.05) is 0 Å². The van der Waals surface area contributed by atoms with Crippen molar-refractivity contribution in [1.29, 1.82) is 0 Å². The second-order valence-corrected chi connectivity index (χ2v) is 5.78. The Kier molecular flexibility index (Phi) is 4.50. The first-order chi connectivity index (χ1) is 8.99. The van der Waals surface area contributed by atoms with E-state index in [0.29, 0.717) is 10.8 Å². The fourth-order valence-corrected chi connectivity index (χ4v) is 2.92. The van der Waals surface area contributed by atoms with E-state index in [9.17, 15) is 14.4 Å². The Morgan fingerprint density at radius 3 is 2.68 bits per heavy atom. The van der Waals surface area contributed by atoms with E-state index in [1.54, 1.807) is 0 Å². The van der Waals surface area contributed by atoms with Gasteiger partial charge >= 0.3 is 0 Å². The van der Waals surface area contributed by atoms with Gasteiger partial charge in [0, 0.05) is 22.8 Å². The summed E-state index contributed by atoms with van der Waals surface area (Å²) in [7, 11) is 0. The minimum Gasteiger partial charge on any atom is -0.292 e. The number of hydrogen-bond donors (Lipinski definition) is 0. The van der Waals surface area contributed by atoms with Gasteiger partial charge in [-0.25, -0.2) is 0 Å². The zero-order valence-electron chi connectivity index (χ0n) is 9.69. The molecule has 0 spiro atoms. The molecular formula is C12H9Cl2NO3S. The topological polar surface area (TPSA) is 54.5 Å². The Hall–Kier alpha value is -1.04. The van der Waals surface area contributed by atoms with Crippen LogP contribution in [0.5, 0.6) is 0 Å². The minimum absolute atomic E-state index is 0.210. The number of Topliss-reactive ketones (excluding diaryl/α,β-unsaturated/α-hetero) is 1. The third kappa shape index (κ3) is 3.29. The summed E-state index contributed by atoms with van der Waals surface area (Å²) in [5.41, 5.74) is 0.252. The van der Waals surface area contributed by atoms with Gasteiger partial charge in [0.25, 0.3) is 5.24 Å². The van der Waals surface area contributed by atoms with Crippen molar-refractivity contribution < 1.29 is 14.4 Å². The molecule has 0 unspecified atom stereocenters. The van der Waals surface area contributed by atoms with Crippen LogP contribution in [0.2, 0.25) is 10.0 Å². The Balaban J connectivity index is 2.16. The van der Waals surface area contributed by atoms with Crippen molar-refractivity contribution >= 4 is 51.9 Å². The summed E-state index contributed by atoms with van der Waals surface area (Å²) in [5, 5.41) is 0.235. The third-order valence-electron chi connectivity index (χ3n) is 2.60. The molecule has 0 aliphatic carbocycles. The van der Waals surface area contributed by atoms with Gasteiger partial charge in [-0.3, -0.25) is 19.3 Å². The maximum atomic E-state index is 12.1. The van der Waals surface area contributed by atoms with E-state index in [2.05, 4.69) is 0 Å². The average Bonchev–Trinajstić information content (AvgIpc) is 2.33. The highest BCUT2D eigenvalue weighted by Crippen LogP contribution is 2.23. The van der Waals surface area contributed by atoms with Crippen LogP contribution in [0.3, 0.4) is 0 Å². The largest absolute Gasteiger partial charge is 0.292 e. The molecule has 2 amide bonds. The highest BCUT2D eigenvalue weighted by molar-refractivity contribution is 8.13. The van der Waals surface area contributed by atoms with Crippen LogP contribution in [0.25, 0.3) is 0 Å². The number of carbonyl (C=O) groups is 3. The van der Waals surface area contributed by atoms with Crippen molar-refractivity contribution in [1.82, 2.24) is 4.90 Å². The zero-order chi connectivity index (χ0) is 14.0. The Labute approximate surface area is 124 Å². The Bertz CT molecular complexity index is 546. The molecular weight excluding hydrogens is 309 g/mol. The van der Waals surface area contributed by atoms with Crippen molar-refractivity contribution in [3.8, 4) is 0 Å². The van der Waals surface area contributed by atoms with Crippen LogP contribution in [-0.2, 0) is 4.79 Å². The third-order valence-corrected chi connectivity index (χ3v) is 4.02. The highest BCUT2D eigenvalue weighted by atomic mass is 35.5. The summed E-state index contributed by atoms with van der Waals surface area (Å²) in [5.74, 6) is -0.252. The summed E-state index contributed by atoms with van der Waals surface area (Å²) < 4.78 is 0.